The van der Waals surface area contributed by atoms with Gasteiger partial charge in [0.15, 0.2) is 0 Å². The third-order valence-corrected chi connectivity index (χ3v) is 1.97. The molecule has 0 N–H and O–H groups in total. The third-order valence-electron chi connectivity index (χ3n) is 0.992. The number of thioether (sulfide) groups is 1. The van der Waals surface area contributed by atoms with Crippen molar-refractivity contribution in [2.45, 2.75) is 13.3 Å². The van der Waals surface area contributed by atoms with E-state index in [0.29, 0.717) is 0 Å². The summed E-state index contributed by atoms with van der Waals surface area (Å²) in [5.74, 6) is 4.39. The quantitative estimate of drug-likeness (QED) is 0.328. The summed E-state index contributed by atoms with van der Waals surface area (Å²) in [7, 11) is 0. The van der Waals surface area contributed by atoms with Gasteiger partial charge >= 0.3 is 0 Å². The maximum atomic E-state index is 5.06. The average Bonchev–Trinajstić information content (AvgIpc) is 1.89. The molecule has 0 aromatic carbocycles. The van der Waals surface area contributed by atoms with Crippen LogP contribution < -0.4 is 0 Å². The Labute approximate surface area is 61.7 Å². The lowest BCUT2D eigenvalue weighted by molar-refractivity contribution is 1.12. The van der Waals surface area contributed by atoms with Gasteiger partial charge in [-0.2, -0.15) is 0 Å². The summed E-state index contributed by atoms with van der Waals surface area (Å²) in [6.07, 6.45) is 6.12. The molecule has 9 heavy (non-hydrogen) atoms. The van der Waals surface area contributed by atoms with Gasteiger partial charge in [0.1, 0.15) is 0 Å². The molecule has 50 valence electrons. The Morgan fingerprint density at radius 2 is 2.44 bits per heavy atom. The summed E-state index contributed by atoms with van der Waals surface area (Å²) in [5.41, 5.74) is 1.27. The van der Waals surface area contributed by atoms with Crippen LogP contribution in [0.5, 0.6) is 0 Å². The smallest absolute Gasteiger partial charge is 0.0548 e. The van der Waals surface area contributed by atoms with E-state index in [1.165, 1.54) is 5.57 Å². The van der Waals surface area contributed by atoms with Gasteiger partial charge in [-0.25, -0.2) is 0 Å². The topological polar surface area (TPSA) is 0 Å². The van der Waals surface area contributed by atoms with Crippen LogP contribution in [0.15, 0.2) is 12.2 Å². The first kappa shape index (κ1) is 8.65. The minimum atomic E-state index is 0.805. The normalized spacial score (nSPS) is 8.44. The summed E-state index contributed by atoms with van der Waals surface area (Å²) in [6, 6.07) is 0. The number of hydrogen-bond acceptors (Lipinski definition) is 1. The van der Waals surface area contributed by atoms with Gasteiger partial charge in [0.2, 0.25) is 0 Å². The molecule has 0 aliphatic carbocycles. The first-order valence-corrected chi connectivity index (χ1v) is 4.14. The Morgan fingerprint density at radius 3 is 2.89 bits per heavy atom. The van der Waals surface area contributed by atoms with Crippen LogP contribution in [0.1, 0.15) is 13.3 Å². The highest BCUT2D eigenvalue weighted by molar-refractivity contribution is 7.99. The molecule has 0 rings (SSSR count). The third kappa shape index (κ3) is 5.52. The lowest BCUT2D eigenvalue weighted by Crippen LogP contribution is -1.83. The molecule has 0 nitrogen and oxygen atoms in total. The SMILES string of the molecule is C#CCSCC(=C)CC. The van der Waals surface area contributed by atoms with E-state index >= 15 is 0 Å². The van der Waals surface area contributed by atoms with Gasteiger partial charge in [0, 0.05) is 5.75 Å². The second kappa shape index (κ2) is 5.78. The van der Waals surface area contributed by atoms with E-state index < -0.39 is 0 Å². The molecule has 0 saturated carbocycles. The molecule has 0 spiro atoms. The Kier molecular flexibility index (Phi) is 5.56. The van der Waals surface area contributed by atoms with Crippen molar-refractivity contribution >= 4 is 11.8 Å². The molecular weight excluding hydrogens is 128 g/mol. The highest BCUT2D eigenvalue weighted by Crippen LogP contribution is 2.07. The number of hydrogen-bond donors (Lipinski definition) is 0. The molecule has 0 atom stereocenters. The van der Waals surface area contributed by atoms with Gasteiger partial charge in [0.25, 0.3) is 0 Å². The van der Waals surface area contributed by atoms with E-state index in [-0.39, 0.29) is 0 Å². The molecule has 0 aliphatic rings. The lowest BCUT2D eigenvalue weighted by atomic mass is 10.3. The Balaban J connectivity index is 3.09. The molecule has 0 heterocycles. The first-order valence-electron chi connectivity index (χ1n) is 2.99. The van der Waals surface area contributed by atoms with Crippen molar-refractivity contribution in [2.24, 2.45) is 0 Å². The monoisotopic (exact) mass is 140 g/mol. The van der Waals surface area contributed by atoms with E-state index in [0.717, 1.165) is 17.9 Å². The summed E-state index contributed by atoms with van der Waals surface area (Å²) in [6.45, 7) is 5.97. The van der Waals surface area contributed by atoms with Crippen molar-refractivity contribution in [1.82, 2.24) is 0 Å². The second-order valence-electron chi connectivity index (χ2n) is 1.80. The molecule has 0 aliphatic heterocycles. The largest absolute Gasteiger partial charge is 0.144 e. The lowest BCUT2D eigenvalue weighted by Gasteiger charge is -1.96. The van der Waals surface area contributed by atoms with Crippen molar-refractivity contribution < 1.29 is 0 Å². The molecule has 0 bridgehead atoms. The second-order valence-corrected chi connectivity index (χ2v) is 2.79. The molecule has 0 saturated heterocycles. The fraction of sp³-hybridized carbons (Fsp3) is 0.500. The summed E-state index contributed by atoms with van der Waals surface area (Å²) in [5, 5.41) is 0. The molecule has 0 amide bonds. The molecule has 0 aromatic heterocycles. The van der Waals surface area contributed by atoms with Crippen LogP contribution in [-0.2, 0) is 0 Å². The fourth-order valence-electron chi connectivity index (χ4n) is 0.356. The van der Waals surface area contributed by atoms with E-state index in [1.807, 2.05) is 0 Å². The molecule has 0 aromatic rings. The average molecular weight is 140 g/mol. The van der Waals surface area contributed by atoms with Crippen molar-refractivity contribution in [3.05, 3.63) is 12.2 Å². The van der Waals surface area contributed by atoms with Gasteiger partial charge < -0.3 is 0 Å². The minimum Gasteiger partial charge on any atom is -0.144 e. The summed E-state index contributed by atoms with van der Waals surface area (Å²) < 4.78 is 0. The van der Waals surface area contributed by atoms with Crippen molar-refractivity contribution in [2.75, 3.05) is 11.5 Å². The Hall–Kier alpha value is -0.350. The predicted molar refractivity (Wildman–Crippen MR) is 45.6 cm³/mol. The maximum Gasteiger partial charge on any atom is 0.0548 e. The van der Waals surface area contributed by atoms with Crippen molar-refractivity contribution in [3.8, 4) is 12.3 Å². The Bertz CT molecular complexity index is 119. The molecule has 0 unspecified atom stereocenters. The van der Waals surface area contributed by atoms with Crippen molar-refractivity contribution in [3.63, 3.8) is 0 Å². The van der Waals surface area contributed by atoms with Crippen molar-refractivity contribution in [1.29, 1.82) is 0 Å². The summed E-state index contributed by atoms with van der Waals surface area (Å²) in [4.78, 5) is 0. The van der Waals surface area contributed by atoms with Crippen LogP contribution in [0.25, 0.3) is 0 Å². The Morgan fingerprint density at radius 1 is 1.78 bits per heavy atom. The zero-order valence-corrected chi connectivity index (χ0v) is 6.63. The van der Waals surface area contributed by atoms with E-state index in [4.69, 9.17) is 6.42 Å². The molecule has 0 radical (unpaired) electrons. The van der Waals surface area contributed by atoms with Crippen LogP contribution in [-0.4, -0.2) is 11.5 Å². The first-order chi connectivity index (χ1) is 4.31. The van der Waals surface area contributed by atoms with Gasteiger partial charge in [-0.15, -0.1) is 18.2 Å². The predicted octanol–water partition coefficient (Wildman–Crippen LogP) is 2.32. The highest BCUT2D eigenvalue weighted by atomic mass is 32.2. The maximum absolute atomic E-state index is 5.06. The minimum absolute atomic E-state index is 0.805. The fourth-order valence-corrected chi connectivity index (χ4v) is 1.07. The van der Waals surface area contributed by atoms with E-state index in [1.54, 1.807) is 11.8 Å². The molecule has 0 fully saturated rings. The standard InChI is InChI=1S/C8H12S/c1-4-6-9-7-8(3)5-2/h1H,3,5-7H2,2H3. The number of rotatable bonds is 4. The zero-order chi connectivity index (χ0) is 7.11. The van der Waals surface area contributed by atoms with Gasteiger partial charge in [-0.3, -0.25) is 0 Å². The molecular formula is C8H12S. The van der Waals surface area contributed by atoms with E-state index in [9.17, 15) is 0 Å². The van der Waals surface area contributed by atoms with Crippen LogP contribution in [0.2, 0.25) is 0 Å². The summed E-state index contributed by atoms with van der Waals surface area (Å²) >= 11 is 1.75. The van der Waals surface area contributed by atoms with Gasteiger partial charge in [-0.05, 0) is 6.42 Å². The van der Waals surface area contributed by atoms with Crippen LogP contribution >= 0.6 is 11.8 Å². The number of terminal acetylenes is 1. The molecule has 1 heteroatoms. The van der Waals surface area contributed by atoms with Crippen LogP contribution in [0, 0.1) is 12.3 Å². The van der Waals surface area contributed by atoms with Crippen LogP contribution in [0.4, 0.5) is 0 Å². The van der Waals surface area contributed by atoms with E-state index in [2.05, 4.69) is 19.4 Å². The van der Waals surface area contributed by atoms with Crippen LogP contribution in [0.3, 0.4) is 0 Å². The van der Waals surface area contributed by atoms with Gasteiger partial charge in [0.05, 0.1) is 5.75 Å². The van der Waals surface area contributed by atoms with Gasteiger partial charge in [-0.1, -0.05) is 25.0 Å². The zero-order valence-electron chi connectivity index (χ0n) is 5.81. The highest BCUT2D eigenvalue weighted by Gasteiger charge is 1.88.